The number of nitrogens with one attached hydrogen (secondary N) is 1. The second kappa shape index (κ2) is 10.6. The molecule has 2 aromatic carbocycles. The molecule has 1 N–H and O–H groups in total. The van der Waals surface area contributed by atoms with Gasteiger partial charge < -0.3 is 14.8 Å². The van der Waals surface area contributed by atoms with E-state index in [1.54, 1.807) is 12.1 Å². The van der Waals surface area contributed by atoms with Crippen LogP contribution in [0.15, 0.2) is 54.6 Å². The van der Waals surface area contributed by atoms with Crippen LogP contribution in [0.5, 0.6) is 0 Å². The molecule has 1 saturated heterocycles. The van der Waals surface area contributed by atoms with E-state index in [9.17, 15) is 9.59 Å². The number of morpholine rings is 1. The third-order valence-corrected chi connectivity index (χ3v) is 4.61. The van der Waals surface area contributed by atoms with Crippen molar-refractivity contribution in [3.8, 4) is 0 Å². The summed E-state index contributed by atoms with van der Waals surface area (Å²) in [6, 6.07) is 17.2. The van der Waals surface area contributed by atoms with Crippen LogP contribution in [0.4, 0.5) is 0 Å². The maximum atomic E-state index is 12.1. The first-order valence-corrected chi connectivity index (χ1v) is 9.57. The van der Waals surface area contributed by atoms with Crippen LogP contribution in [0, 0.1) is 0 Å². The Morgan fingerprint density at radius 3 is 2.39 bits per heavy atom. The second-order valence-electron chi connectivity index (χ2n) is 6.75. The highest BCUT2D eigenvalue weighted by atomic mass is 16.5. The van der Waals surface area contributed by atoms with E-state index in [1.165, 1.54) is 0 Å². The molecular weight excluding hydrogens is 356 g/mol. The Hall–Kier alpha value is -2.70. The number of hydrogen-bond acceptors (Lipinski definition) is 5. The summed E-state index contributed by atoms with van der Waals surface area (Å²) in [6.07, 6.45) is 0.741. The lowest BCUT2D eigenvalue weighted by Gasteiger charge is -2.26. The Morgan fingerprint density at radius 2 is 1.68 bits per heavy atom. The fraction of sp³-hybridized carbons (Fsp3) is 0.364. The average molecular weight is 382 g/mol. The Balaban J connectivity index is 1.37. The van der Waals surface area contributed by atoms with Gasteiger partial charge in [-0.2, -0.15) is 0 Å². The predicted octanol–water partition coefficient (Wildman–Crippen LogP) is 2.03. The van der Waals surface area contributed by atoms with E-state index >= 15 is 0 Å². The van der Waals surface area contributed by atoms with Crippen LogP contribution >= 0.6 is 0 Å². The van der Waals surface area contributed by atoms with E-state index in [-0.39, 0.29) is 12.5 Å². The van der Waals surface area contributed by atoms with Crippen molar-refractivity contribution in [1.29, 1.82) is 0 Å². The zero-order chi connectivity index (χ0) is 19.6. The van der Waals surface area contributed by atoms with Crippen LogP contribution in [0.25, 0.3) is 0 Å². The van der Waals surface area contributed by atoms with Gasteiger partial charge in [-0.3, -0.25) is 9.69 Å². The molecule has 6 nitrogen and oxygen atoms in total. The summed E-state index contributed by atoms with van der Waals surface area (Å²) in [5.41, 5.74) is 2.73. The highest BCUT2D eigenvalue weighted by molar-refractivity contribution is 5.91. The fourth-order valence-electron chi connectivity index (χ4n) is 3.02. The van der Waals surface area contributed by atoms with E-state index in [2.05, 4.69) is 10.2 Å². The minimum absolute atomic E-state index is 0.275. The molecule has 1 fully saturated rings. The van der Waals surface area contributed by atoms with Crippen molar-refractivity contribution >= 4 is 11.9 Å². The number of carbonyl (C=O) groups is 2. The van der Waals surface area contributed by atoms with Crippen molar-refractivity contribution in [2.24, 2.45) is 0 Å². The van der Waals surface area contributed by atoms with Gasteiger partial charge in [0.05, 0.1) is 18.8 Å². The van der Waals surface area contributed by atoms with Crippen molar-refractivity contribution in [2.45, 2.75) is 13.0 Å². The Bertz CT molecular complexity index is 756. The van der Waals surface area contributed by atoms with E-state index in [0.29, 0.717) is 12.1 Å². The van der Waals surface area contributed by atoms with Gasteiger partial charge in [-0.1, -0.05) is 42.5 Å². The van der Waals surface area contributed by atoms with Crippen molar-refractivity contribution in [3.05, 3.63) is 71.3 Å². The van der Waals surface area contributed by atoms with E-state index in [0.717, 1.165) is 50.4 Å². The van der Waals surface area contributed by atoms with Crippen LogP contribution in [0.1, 0.15) is 21.5 Å². The summed E-state index contributed by atoms with van der Waals surface area (Å²) in [7, 11) is 0. The van der Waals surface area contributed by atoms with Gasteiger partial charge in [0.15, 0.2) is 6.61 Å². The SMILES string of the molecule is O=C(COC(=O)c1ccc(CN2CCOCC2)cc1)NCCc1ccccc1. The molecule has 0 spiro atoms. The lowest BCUT2D eigenvalue weighted by molar-refractivity contribution is -0.124. The molecule has 2 aromatic rings. The fourth-order valence-corrected chi connectivity index (χ4v) is 3.02. The third-order valence-electron chi connectivity index (χ3n) is 4.61. The molecule has 1 heterocycles. The molecule has 0 aliphatic carbocycles. The van der Waals surface area contributed by atoms with Crippen LogP contribution in [0.3, 0.4) is 0 Å². The van der Waals surface area contributed by atoms with Crippen LogP contribution < -0.4 is 5.32 Å². The number of rotatable bonds is 8. The lowest BCUT2D eigenvalue weighted by atomic mass is 10.1. The molecule has 0 aromatic heterocycles. The van der Waals surface area contributed by atoms with Gasteiger partial charge in [-0.15, -0.1) is 0 Å². The molecule has 0 saturated carbocycles. The van der Waals surface area contributed by atoms with Gasteiger partial charge in [-0.05, 0) is 29.7 Å². The second-order valence-corrected chi connectivity index (χ2v) is 6.75. The monoisotopic (exact) mass is 382 g/mol. The number of hydrogen-bond donors (Lipinski definition) is 1. The van der Waals surface area contributed by atoms with Crippen LogP contribution in [-0.4, -0.2) is 56.2 Å². The molecule has 6 heteroatoms. The molecule has 0 radical (unpaired) electrons. The maximum Gasteiger partial charge on any atom is 0.338 e. The molecule has 1 aliphatic rings. The summed E-state index contributed by atoms with van der Waals surface area (Å²) in [5.74, 6) is -0.788. The quantitative estimate of drug-likeness (QED) is 0.708. The van der Waals surface area contributed by atoms with Gasteiger partial charge in [0.25, 0.3) is 5.91 Å². The van der Waals surface area contributed by atoms with Crippen molar-refractivity contribution in [1.82, 2.24) is 10.2 Å². The van der Waals surface area contributed by atoms with E-state index in [4.69, 9.17) is 9.47 Å². The van der Waals surface area contributed by atoms with Crippen molar-refractivity contribution in [2.75, 3.05) is 39.5 Å². The number of carbonyl (C=O) groups excluding carboxylic acids is 2. The summed E-state index contributed by atoms with van der Waals surface area (Å²) in [5, 5.41) is 2.76. The number of ether oxygens (including phenoxy) is 2. The van der Waals surface area contributed by atoms with Gasteiger partial charge in [0, 0.05) is 26.2 Å². The van der Waals surface area contributed by atoms with Crippen LogP contribution in [0.2, 0.25) is 0 Å². The predicted molar refractivity (Wildman–Crippen MR) is 106 cm³/mol. The number of benzene rings is 2. The zero-order valence-corrected chi connectivity index (χ0v) is 15.9. The number of amides is 1. The molecule has 3 rings (SSSR count). The normalized spacial score (nSPS) is 14.4. The van der Waals surface area contributed by atoms with E-state index < -0.39 is 5.97 Å². The largest absolute Gasteiger partial charge is 0.452 e. The van der Waals surface area contributed by atoms with Crippen molar-refractivity contribution in [3.63, 3.8) is 0 Å². The Labute approximate surface area is 165 Å². The summed E-state index contributed by atoms with van der Waals surface area (Å²) in [6.45, 7) is 4.43. The Kier molecular flexibility index (Phi) is 7.58. The summed E-state index contributed by atoms with van der Waals surface area (Å²) >= 11 is 0. The number of nitrogens with zero attached hydrogens (tertiary/aromatic N) is 1. The smallest absolute Gasteiger partial charge is 0.338 e. The highest BCUT2D eigenvalue weighted by Gasteiger charge is 2.13. The molecule has 0 bridgehead atoms. The third kappa shape index (κ3) is 6.48. The minimum atomic E-state index is -0.490. The maximum absolute atomic E-state index is 12.1. The van der Waals surface area contributed by atoms with E-state index in [1.807, 2.05) is 42.5 Å². The molecule has 1 amide bonds. The van der Waals surface area contributed by atoms with Gasteiger partial charge >= 0.3 is 5.97 Å². The molecular formula is C22H26N2O4. The molecule has 28 heavy (non-hydrogen) atoms. The lowest BCUT2D eigenvalue weighted by Crippen LogP contribution is -2.35. The summed E-state index contributed by atoms with van der Waals surface area (Å²) < 4.78 is 10.5. The van der Waals surface area contributed by atoms with Gasteiger partial charge in [0.2, 0.25) is 0 Å². The summed E-state index contributed by atoms with van der Waals surface area (Å²) in [4.78, 5) is 26.3. The van der Waals surface area contributed by atoms with Gasteiger partial charge in [0.1, 0.15) is 0 Å². The molecule has 1 aliphatic heterocycles. The zero-order valence-electron chi connectivity index (χ0n) is 15.9. The first-order chi connectivity index (χ1) is 13.7. The molecule has 0 atom stereocenters. The first-order valence-electron chi connectivity index (χ1n) is 9.57. The standard InChI is InChI=1S/C22H26N2O4/c25-21(23-11-10-18-4-2-1-3-5-18)17-28-22(26)20-8-6-19(7-9-20)16-24-12-14-27-15-13-24/h1-9H,10-17H2,(H,23,25). The molecule has 0 unspecified atom stereocenters. The molecule has 148 valence electrons. The topological polar surface area (TPSA) is 67.9 Å². The average Bonchev–Trinajstić information content (AvgIpc) is 2.74. The Morgan fingerprint density at radius 1 is 0.964 bits per heavy atom. The minimum Gasteiger partial charge on any atom is -0.452 e. The van der Waals surface area contributed by atoms with Crippen molar-refractivity contribution < 1.29 is 19.1 Å². The number of esters is 1. The highest BCUT2D eigenvalue weighted by Crippen LogP contribution is 2.10. The van der Waals surface area contributed by atoms with Gasteiger partial charge in [-0.25, -0.2) is 4.79 Å². The first kappa shape index (κ1) is 20.0. The van der Waals surface area contributed by atoms with Crippen LogP contribution in [-0.2, 0) is 27.2 Å².